The van der Waals surface area contributed by atoms with E-state index in [-0.39, 0.29) is 0 Å². The number of fused-ring (bicyclic) bond motifs is 2. The second-order valence-electron chi connectivity index (χ2n) is 5.24. The Balaban J connectivity index is 1.91. The van der Waals surface area contributed by atoms with E-state index >= 15 is 0 Å². The van der Waals surface area contributed by atoms with Crippen LogP contribution in [0.4, 0.5) is 19.0 Å². The lowest BCUT2D eigenvalue weighted by atomic mass is 10.0. The molecule has 2 unspecified atom stereocenters. The Hall–Kier alpha value is -0.780. The maximum atomic E-state index is 12.7. The molecule has 2 aliphatic heterocycles. The van der Waals surface area contributed by atoms with Gasteiger partial charge in [-0.1, -0.05) is 22.0 Å². The zero-order chi connectivity index (χ0) is 13.6. The van der Waals surface area contributed by atoms with Crippen LogP contribution in [0.25, 0.3) is 0 Å². The van der Waals surface area contributed by atoms with E-state index < -0.39 is 11.9 Å². The molecule has 19 heavy (non-hydrogen) atoms. The van der Waals surface area contributed by atoms with Gasteiger partial charge in [0.1, 0.15) is 11.5 Å². The number of anilines is 1. The molecule has 0 aliphatic carbocycles. The Bertz CT molecular complexity index is 463. The fraction of sp³-hybridized carbons (Fsp3) is 0.615. The van der Waals surface area contributed by atoms with Gasteiger partial charge < -0.3 is 4.90 Å². The first kappa shape index (κ1) is 13.2. The predicted molar refractivity (Wildman–Crippen MR) is 70.5 cm³/mol. The molecule has 0 N–H and O–H groups in total. The number of alkyl halides is 4. The largest absolute Gasteiger partial charge is 0.433 e. The number of nitrogens with zero attached hydrogens (tertiary/aromatic N) is 2. The summed E-state index contributed by atoms with van der Waals surface area (Å²) in [5.74, 6) is 0.474. The van der Waals surface area contributed by atoms with Crippen molar-refractivity contribution in [1.82, 2.24) is 4.98 Å². The summed E-state index contributed by atoms with van der Waals surface area (Å²) in [6.07, 6.45) is -0.318. The summed E-state index contributed by atoms with van der Waals surface area (Å²) in [5.41, 5.74) is -0.801. The van der Waals surface area contributed by atoms with E-state index in [0.29, 0.717) is 22.7 Å². The summed E-state index contributed by atoms with van der Waals surface area (Å²) in [6.45, 7) is 0. The van der Waals surface area contributed by atoms with Crippen molar-refractivity contribution >= 4 is 21.7 Å². The molecule has 2 fully saturated rings. The van der Waals surface area contributed by atoms with Crippen molar-refractivity contribution in [1.29, 1.82) is 0 Å². The van der Waals surface area contributed by atoms with Crippen LogP contribution in [-0.2, 0) is 6.18 Å². The molecule has 3 rings (SSSR count). The Labute approximate surface area is 118 Å². The van der Waals surface area contributed by atoms with Crippen LogP contribution in [0.1, 0.15) is 31.4 Å². The monoisotopic (exact) mass is 334 g/mol. The van der Waals surface area contributed by atoms with Crippen molar-refractivity contribution in [3.63, 3.8) is 0 Å². The number of halogens is 4. The fourth-order valence-corrected chi connectivity index (χ4v) is 4.07. The smallest absolute Gasteiger partial charge is 0.351 e. The SMILES string of the molecule is FC(F)(F)c1cccc(N2C3CCC2CC(Br)C3)n1. The molecule has 0 amide bonds. The van der Waals surface area contributed by atoms with Gasteiger partial charge in [0, 0.05) is 16.9 Å². The molecule has 2 aliphatic rings. The zero-order valence-corrected chi connectivity index (χ0v) is 11.8. The van der Waals surface area contributed by atoms with E-state index in [1.54, 1.807) is 6.07 Å². The maximum absolute atomic E-state index is 12.7. The van der Waals surface area contributed by atoms with Gasteiger partial charge in [-0.05, 0) is 37.8 Å². The van der Waals surface area contributed by atoms with Gasteiger partial charge in [0.05, 0.1) is 0 Å². The molecule has 0 aromatic carbocycles. The fourth-order valence-electron chi connectivity index (χ4n) is 3.21. The third-order valence-electron chi connectivity index (χ3n) is 3.96. The minimum absolute atomic E-state index is 0.319. The van der Waals surface area contributed by atoms with Crippen LogP contribution < -0.4 is 4.90 Å². The van der Waals surface area contributed by atoms with Gasteiger partial charge in [-0.3, -0.25) is 0 Å². The Morgan fingerprint density at radius 1 is 1.16 bits per heavy atom. The third kappa shape index (κ3) is 2.47. The molecule has 3 heterocycles. The average Bonchev–Trinajstić information content (AvgIpc) is 2.61. The van der Waals surface area contributed by atoms with Crippen LogP contribution in [-0.4, -0.2) is 21.9 Å². The first-order valence-electron chi connectivity index (χ1n) is 6.42. The number of pyridine rings is 1. The van der Waals surface area contributed by atoms with Gasteiger partial charge in [0.25, 0.3) is 0 Å². The van der Waals surface area contributed by atoms with Crippen LogP contribution in [0.15, 0.2) is 18.2 Å². The first-order chi connectivity index (χ1) is 8.95. The molecule has 0 radical (unpaired) electrons. The van der Waals surface area contributed by atoms with Crippen molar-refractivity contribution in [3.8, 4) is 0 Å². The lowest BCUT2D eigenvalue weighted by Gasteiger charge is -2.38. The lowest BCUT2D eigenvalue weighted by Crippen LogP contribution is -2.43. The van der Waals surface area contributed by atoms with Gasteiger partial charge in [-0.15, -0.1) is 0 Å². The highest BCUT2D eigenvalue weighted by molar-refractivity contribution is 9.09. The molecule has 0 spiro atoms. The number of rotatable bonds is 1. The number of aromatic nitrogens is 1. The van der Waals surface area contributed by atoms with Crippen LogP contribution in [0.3, 0.4) is 0 Å². The van der Waals surface area contributed by atoms with Gasteiger partial charge in [-0.25, -0.2) is 4.98 Å². The number of piperidine rings is 1. The summed E-state index contributed by atoms with van der Waals surface area (Å²) < 4.78 is 38.2. The van der Waals surface area contributed by atoms with Crippen molar-refractivity contribution in [2.75, 3.05) is 4.90 Å². The number of hydrogen-bond donors (Lipinski definition) is 0. The Morgan fingerprint density at radius 2 is 1.79 bits per heavy atom. The second kappa shape index (κ2) is 4.65. The summed E-state index contributed by atoms with van der Waals surface area (Å²) in [4.78, 5) is 6.39. The minimum atomic E-state index is -4.37. The maximum Gasteiger partial charge on any atom is 0.433 e. The Kier molecular flexibility index (Phi) is 3.23. The summed E-state index contributed by atoms with van der Waals surface area (Å²) in [6, 6.07) is 4.81. The first-order valence-corrected chi connectivity index (χ1v) is 7.33. The highest BCUT2D eigenvalue weighted by Crippen LogP contribution is 2.41. The molecule has 2 atom stereocenters. The average molecular weight is 335 g/mol. The lowest BCUT2D eigenvalue weighted by molar-refractivity contribution is -0.141. The molecular weight excluding hydrogens is 321 g/mol. The molecule has 2 bridgehead atoms. The van der Waals surface area contributed by atoms with E-state index in [1.165, 1.54) is 6.07 Å². The van der Waals surface area contributed by atoms with Crippen molar-refractivity contribution in [2.45, 2.75) is 48.8 Å². The molecule has 2 nitrogen and oxygen atoms in total. The standard InChI is InChI=1S/C13H14BrF3N2/c14-8-6-9-4-5-10(7-8)19(9)12-3-1-2-11(18-12)13(15,16)17/h1-3,8-10H,4-7H2. The highest BCUT2D eigenvalue weighted by Gasteiger charge is 2.41. The van der Waals surface area contributed by atoms with E-state index in [9.17, 15) is 13.2 Å². The third-order valence-corrected chi connectivity index (χ3v) is 4.71. The van der Waals surface area contributed by atoms with Gasteiger partial charge in [0.15, 0.2) is 0 Å². The van der Waals surface area contributed by atoms with Crippen LogP contribution in [0.2, 0.25) is 0 Å². The van der Waals surface area contributed by atoms with Crippen LogP contribution in [0.5, 0.6) is 0 Å². The minimum Gasteiger partial charge on any atom is -0.351 e. The highest BCUT2D eigenvalue weighted by atomic mass is 79.9. The number of hydrogen-bond acceptors (Lipinski definition) is 2. The molecular formula is C13H14BrF3N2. The molecule has 2 saturated heterocycles. The summed E-state index contributed by atoms with van der Waals surface area (Å²) >= 11 is 3.63. The van der Waals surface area contributed by atoms with E-state index in [2.05, 4.69) is 25.8 Å². The summed E-state index contributed by atoms with van der Waals surface area (Å²) in [7, 11) is 0. The van der Waals surface area contributed by atoms with E-state index in [0.717, 1.165) is 31.7 Å². The molecule has 6 heteroatoms. The van der Waals surface area contributed by atoms with Crippen molar-refractivity contribution < 1.29 is 13.2 Å². The van der Waals surface area contributed by atoms with Crippen LogP contribution >= 0.6 is 15.9 Å². The van der Waals surface area contributed by atoms with Crippen molar-refractivity contribution in [2.24, 2.45) is 0 Å². The molecule has 1 aromatic rings. The Morgan fingerprint density at radius 3 is 2.37 bits per heavy atom. The van der Waals surface area contributed by atoms with Crippen LogP contribution in [0, 0.1) is 0 Å². The van der Waals surface area contributed by atoms with Gasteiger partial charge >= 0.3 is 6.18 Å². The normalized spacial score (nSPS) is 30.7. The second-order valence-corrected chi connectivity index (χ2v) is 6.53. The molecule has 0 saturated carbocycles. The quantitative estimate of drug-likeness (QED) is 0.722. The zero-order valence-electron chi connectivity index (χ0n) is 10.2. The van der Waals surface area contributed by atoms with Gasteiger partial charge in [-0.2, -0.15) is 13.2 Å². The topological polar surface area (TPSA) is 16.1 Å². The van der Waals surface area contributed by atoms with E-state index in [1.807, 2.05) is 0 Å². The molecule has 104 valence electrons. The summed E-state index contributed by atoms with van der Waals surface area (Å²) in [5, 5.41) is 0. The molecule has 1 aromatic heterocycles. The van der Waals surface area contributed by atoms with E-state index in [4.69, 9.17) is 0 Å². The van der Waals surface area contributed by atoms with Gasteiger partial charge in [0.2, 0.25) is 0 Å². The van der Waals surface area contributed by atoms with Crippen molar-refractivity contribution in [3.05, 3.63) is 23.9 Å². The predicted octanol–water partition coefficient (Wildman–Crippen LogP) is 4.00.